The number of anilines is 1. The first kappa shape index (κ1) is 21.6. The summed E-state index contributed by atoms with van der Waals surface area (Å²) >= 11 is 0. The highest BCUT2D eigenvalue weighted by Crippen LogP contribution is 2.35. The van der Waals surface area contributed by atoms with E-state index in [1.807, 2.05) is 19.1 Å². The molecular weight excluding hydrogens is 434 g/mol. The van der Waals surface area contributed by atoms with E-state index in [0.29, 0.717) is 64.9 Å². The van der Waals surface area contributed by atoms with E-state index in [2.05, 4.69) is 5.32 Å². The van der Waals surface area contributed by atoms with Crippen molar-refractivity contribution in [1.82, 2.24) is 0 Å². The van der Waals surface area contributed by atoms with Crippen LogP contribution in [0.25, 0.3) is 11.0 Å². The average Bonchev–Trinajstić information content (AvgIpc) is 3.25. The lowest BCUT2D eigenvalue weighted by molar-refractivity contribution is 0.101. The lowest BCUT2D eigenvalue weighted by atomic mass is 10.1. The number of ketones is 1. The second-order valence-corrected chi connectivity index (χ2v) is 7.82. The smallest absolute Gasteiger partial charge is 0.255 e. The van der Waals surface area contributed by atoms with Gasteiger partial charge in [0, 0.05) is 16.5 Å². The number of carbonyl (C=O) groups is 2. The molecule has 0 saturated heterocycles. The fraction of sp³-hybridized carbons (Fsp3) is 0.185. The van der Waals surface area contributed by atoms with Crippen molar-refractivity contribution in [3.05, 3.63) is 83.6 Å². The number of amides is 1. The van der Waals surface area contributed by atoms with Crippen molar-refractivity contribution in [2.45, 2.75) is 13.3 Å². The van der Waals surface area contributed by atoms with E-state index in [9.17, 15) is 9.59 Å². The van der Waals surface area contributed by atoms with E-state index in [4.69, 9.17) is 18.6 Å². The Morgan fingerprint density at radius 1 is 0.912 bits per heavy atom. The first-order chi connectivity index (χ1) is 16.6. The summed E-state index contributed by atoms with van der Waals surface area (Å²) in [5.74, 6) is 1.11. The molecule has 172 valence electrons. The molecule has 0 spiro atoms. The Hall–Kier alpha value is -4.26. The highest BCUT2D eigenvalue weighted by atomic mass is 16.6. The molecule has 1 N–H and O–H groups in total. The zero-order chi connectivity index (χ0) is 23.5. The van der Waals surface area contributed by atoms with Crippen molar-refractivity contribution < 1.29 is 28.2 Å². The lowest BCUT2D eigenvalue weighted by Gasteiger charge is -2.18. The number of fused-ring (bicyclic) bond motifs is 2. The Morgan fingerprint density at radius 3 is 2.44 bits per heavy atom. The summed E-state index contributed by atoms with van der Waals surface area (Å²) in [6.45, 7) is 3.52. The summed E-state index contributed by atoms with van der Waals surface area (Å²) in [5, 5.41) is 3.51. The second-order valence-electron chi connectivity index (χ2n) is 7.82. The van der Waals surface area contributed by atoms with Crippen LogP contribution < -0.4 is 19.5 Å². The summed E-state index contributed by atoms with van der Waals surface area (Å²) in [5.41, 5.74) is 1.64. The van der Waals surface area contributed by atoms with Gasteiger partial charge in [0.05, 0.1) is 12.3 Å². The van der Waals surface area contributed by atoms with Crippen LogP contribution in [-0.4, -0.2) is 31.5 Å². The van der Waals surface area contributed by atoms with Gasteiger partial charge in [0.1, 0.15) is 24.5 Å². The molecule has 0 saturated carbocycles. The van der Waals surface area contributed by atoms with Crippen LogP contribution in [-0.2, 0) is 0 Å². The second kappa shape index (κ2) is 9.31. The normalized spacial score (nSPS) is 12.4. The van der Waals surface area contributed by atoms with Gasteiger partial charge in [-0.25, -0.2) is 0 Å². The van der Waals surface area contributed by atoms with Gasteiger partial charge in [0.25, 0.3) is 5.91 Å². The Balaban J connectivity index is 1.46. The largest absolute Gasteiger partial charge is 0.494 e. The number of nitrogens with one attached hydrogen (secondary N) is 1. The minimum atomic E-state index is -0.369. The van der Waals surface area contributed by atoms with Gasteiger partial charge in [0.2, 0.25) is 5.78 Å². The molecule has 0 radical (unpaired) electrons. The van der Waals surface area contributed by atoms with Crippen molar-refractivity contribution in [2.24, 2.45) is 0 Å². The zero-order valence-electron chi connectivity index (χ0n) is 18.6. The molecule has 1 amide bonds. The molecule has 7 nitrogen and oxygen atoms in total. The predicted molar refractivity (Wildman–Crippen MR) is 127 cm³/mol. The predicted octanol–water partition coefficient (Wildman–Crippen LogP) is 5.48. The van der Waals surface area contributed by atoms with Crippen molar-refractivity contribution in [3.8, 4) is 17.2 Å². The molecule has 0 unspecified atom stereocenters. The third kappa shape index (κ3) is 4.20. The van der Waals surface area contributed by atoms with Gasteiger partial charge < -0.3 is 23.9 Å². The van der Waals surface area contributed by atoms with E-state index in [1.165, 1.54) is 0 Å². The van der Waals surface area contributed by atoms with Gasteiger partial charge >= 0.3 is 0 Å². The Bertz CT molecular complexity index is 1360. The molecule has 2 heterocycles. The van der Waals surface area contributed by atoms with Crippen molar-refractivity contribution in [3.63, 3.8) is 0 Å². The molecule has 3 aromatic carbocycles. The summed E-state index contributed by atoms with van der Waals surface area (Å²) in [4.78, 5) is 26.5. The van der Waals surface area contributed by atoms with Gasteiger partial charge in [-0.2, -0.15) is 0 Å². The van der Waals surface area contributed by atoms with E-state index in [1.54, 1.807) is 54.6 Å². The number of para-hydroxylation sites is 1. The lowest BCUT2D eigenvalue weighted by Crippen LogP contribution is -2.16. The molecule has 0 atom stereocenters. The summed E-state index contributed by atoms with van der Waals surface area (Å²) in [6.07, 6.45) is 0.899. The average molecular weight is 457 g/mol. The van der Waals surface area contributed by atoms with E-state index in [-0.39, 0.29) is 17.5 Å². The molecule has 7 heteroatoms. The topological polar surface area (TPSA) is 87.0 Å². The van der Waals surface area contributed by atoms with Crippen LogP contribution in [0, 0.1) is 0 Å². The van der Waals surface area contributed by atoms with Crippen LogP contribution in [0.5, 0.6) is 17.2 Å². The molecule has 4 aromatic rings. The van der Waals surface area contributed by atoms with Gasteiger partial charge in [-0.15, -0.1) is 0 Å². The highest BCUT2D eigenvalue weighted by Gasteiger charge is 2.25. The van der Waals surface area contributed by atoms with E-state index >= 15 is 0 Å². The summed E-state index contributed by atoms with van der Waals surface area (Å²) in [6, 6.07) is 19.0. The molecule has 1 aromatic heterocycles. The summed E-state index contributed by atoms with van der Waals surface area (Å²) in [7, 11) is 0. The monoisotopic (exact) mass is 457 g/mol. The third-order valence-electron chi connectivity index (χ3n) is 5.43. The fourth-order valence-corrected chi connectivity index (χ4v) is 3.75. The van der Waals surface area contributed by atoms with Crippen LogP contribution in [0.1, 0.15) is 39.8 Å². The van der Waals surface area contributed by atoms with Crippen LogP contribution in [0.15, 0.2) is 71.1 Å². The van der Waals surface area contributed by atoms with Crippen LogP contribution in [0.4, 0.5) is 5.69 Å². The molecule has 5 rings (SSSR count). The molecular formula is C27H23NO6. The zero-order valence-corrected chi connectivity index (χ0v) is 18.6. The summed E-state index contributed by atoms with van der Waals surface area (Å²) < 4.78 is 22.6. The number of ether oxygens (including phenoxy) is 3. The number of hydrogen-bond donors (Lipinski definition) is 1. The Kier molecular flexibility index (Phi) is 5.91. The number of carbonyl (C=O) groups excluding carboxylic acids is 2. The van der Waals surface area contributed by atoms with Gasteiger partial charge in [0.15, 0.2) is 17.3 Å². The maximum Gasteiger partial charge on any atom is 0.255 e. The molecule has 1 aliphatic heterocycles. The van der Waals surface area contributed by atoms with Gasteiger partial charge in [-0.05, 0) is 61.0 Å². The Morgan fingerprint density at radius 2 is 1.65 bits per heavy atom. The number of benzene rings is 3. The highest BCUT2D eigenvalue weighted by molar-refractivity contribution is 6.19. The number of furan rings is 1. The quantitative estimate of drug-likeness (QED) is 0.370. The molecule has 34 heavy (non-hydrogen) atoms. The third-order valence-corrected chi connectivity index (χ3v) is 5.43. The van der Waals surface area contributed by atoms with Crippen molar-refractivity contribution in [2.75, 3.05) is 25.1 Å². The molecule has 0 aliphatic carbocycles. The molecule has 0 fully saturated rings. The van der Waals surface area contributed by atoms with E-state index in [0.717, 1.165) is 6.42 Å². The van der Waals surface area contributed by atoms with Crippen LogP contribution in [0.2, 0.25) is 0 Å². The number of rotatable bonds is 7. The SMILES string of the molecule is CCCOc1ccc(C(=O)Nc2c(C(=O)c3ccc4c(c3)OCCO4)oc3ccccc23)cc1. The molecule has 0 bridgehead atoms. The first-order valence-electron chi connectivity index (χ1n) is 11.1. The minimum Gasteiger partial charge on any atom is -0.494 e. The number of hydrogen-bond acceptors (Lipinski definition) is 6. The van der Waals surface area contributed by atoms with Crippen LogP contribution >= 0.6 is 0 Å². The maximum atomic E-state index is 13.4. The van der Waals surface area contributed by atoms with Gasteiger partial charge in [-0.3, -0.25) is 9.59 Å². The first-order valence-corrected chi connectivity index (χ1v) is 11.1. The molecule has 1 aliphatic rings. The minimum absolute atomic E-state index is 0.0501. The van der Waals surface area contributed by atoms with Crippen molar-refractivity contribution >= 4 is 28.3 Å². The Labute approximate surface area is 196 Å². The van der Waals surface area contributed by atoms with E-state index < -0.39 is 0 Å². The van der Waals surface area contributed by atoms with Crippen molar-refractivity contribution in [1.29, 1.82) is 0 Å². The maximum absolute atomic E-state index is 13.4. The van der Waals surface area contributed by atoms with Crippen LogP contribution in [0.3, 0.4) is 0 Å². The standard InChI is InChI=1S/C27H23NO6/c1-2-13-31-19-10-7-17(8-11-19)27(30)28-24-20-5-3-4-6-21(20)34-26(24)25(29)18-9-12-22-23(16-18)33-15-14-32-22/h3-12,16H,2,13-15H2,1H3,(H,28,30). The fourth-order valence-electron chi connectivity index (χ4n) is 3.75. The van der Waals surface area contributed by atoms with Gasteiger partial charge in [-0.1, -0.05) is 19.1 Å².